The topological polar surface area (TPSA) is 120 Å². The lowest BCUT2D eigenvalue weighted by atomic mass is 10.1. The number of rotatable bonds is 7. The number of nitrogens with one attached hydrogen (secondary N) is 1. The van der Waals surface area contributed by atoms with Crippen molar-refractivity contribution in [3.8, 4) is 11.3 Å². The van der Waals surface area contributed by atoms with Crippen LogP contribution in [0.15, 0.2) is 70.2 Å². The number of aryl methyl sites for hydroxylation is 2. The van der Waals surface area contributed by atoms with Crippen LogP contribution >= 0.6 is 22.7 Å². The summed E-state index contributed by atoms with van der Waals surface area (Å²) in [5, 5.41) is 22.1. The highest BCUT2D eigenvalue weighted by Gasteiger charge is 2.36. The van der Waals surface area contributed by atoms with Gasteiger partial charge in [-0.25, -0.2) is 14.8 Å². The Balaban J connectivity index is 1.47. The maximum atomic E-state index is 13.4. The highest BCUT2D eigenvalue weighted by atomic mass is 32.1. The maximum absolute atomic E-state index is 13.4. The Labute approximate surface area is 214 Å². The number of carboxylic acids is 1. The Morgan fingerprint density at radius 3 is 2.50 bits per heavy atom. The summed E-state index contributed by atoms with van der Waals surface area (Å²) in [6.45, 7) is 4.01. The number of benzene rings is 2. The molecule has 2 aromatic heterocycles. The minimum absolute atomic E-state index is 0.162. The van der Waals surface area contributed by atoms with E-state index in [0.29, 0.717) is 21.7 Å². The molecular weight excluding hydrogens is 496 g/mol. The third-order valence-electron chi connectivity index (χ3n) is 5.44. The van der Waals surface area contributed by atoms with Crippen LogP contribution in [-0.4, -0.2) is 38.4 Å². The van der Waals surface area contributed by atoms with Crippen LogP contribution in [0, 0.1) is 6.92 Å². The maximum Gasteiger partial charge on any atom is 0.335 e. The molecule has 0 fully saturated rings. The summed E-state index contributed by atoms with van der Waals surface area (Å²) in [6.07, 6.45) is 0.872. The monoisotopic (exact) mass is 516 g/mol. The van der Waals surface area contributed by atoms with Crippen LogP contribution in [0.4, 0.5) is 10.3 Å². The standard InChI is InChI=1S/C25H20N6O3S2/c1-3-19-14(2)26-24(36-19)29-28-21-20(16-7-5-4-6-8-16)30-31(22(21)32)25-27-18(13-35-25)15-9-11-17(12-10-15)23(33)34/h4-13H,3H2,1-2H3,(H,26,29)(H,33,34)/b28-21-. The molecule has 11 heteroatoms. The number of nitrogens with zero attached hydrogens (tertiary/aromatic N) is 5. The van der Waals surface area contributed by atoms with E-state index in [1.165, 1.54) is 39.8 Å². The number of carbonyl (C=O) groups excluding carboxylic acids is 1. The molecule has 2 N–H and O–H groups in total. The fourth-order valence-electron chi connectivity index (χ4n) is 3.60. The second kappa shape index (κ2) is 9.80. The molecule has 1 aliphatic rings. The highest BCUT2D eigenvalue weighted by Crippen LogP contribution is 2.31. The molecule has 180 valence electrons. The molecule has 36 heavy (non-hydrogen) atoms. The van der Waals surface area contributed by atoms with Gasteiger partial charge in [-0.05, 0) is 25.5 Å². The van der Waals surface area contributed by atoms with Crippen LogP contribution in [0.3, 0.4) is 0 Å². The Bertz CT molecular complexity index is 1510. The quantitative estimate of drug-likeness (QED) is 0.332. The molecule has 0 aliphatic carbocycles. The van der Waals surface area contributed by atoms with Gasteiger partial charge in [-0.15, -0.1) is 22.7 Å². The number of hydrazone groups is 2. The van der Waals surface area contributed by atoms with Gasteiger partial charge in [0.2, 0.25) is 10.3 Å². The van der Waals surface area contributed by atoms with E-state index in [1.54, 1.807) is 17.5 Å². The zero-order valence-electron chi connectivity index (χ0n) is 19.3. The van der Waals surface area contributed by atoms with Crippen LogP contribution in [0.5, 0.6) is 0 Å². The Morgan fingerprint density at radius 2 is 1.83 bits per heavy atom. The van der Waals surface area contributed by atoms with Crippen molar-refractivity contribution >= 4 is 56.2 Å². The van der Waals surface area contributed by atoms with Crippen LogP contribution in [0.2, 0.25) is 0 Å². The molecule has 1 aliphatic heterocycles. The van der Waals surface area contributed by atoms with E-state index in [1.807, 2.05) is 37.3 Å². The summed E-state index contributed by atoms with van der Waals surface area (Å²) in [5.41, 5.74) is 6.76. The van der Waals surface area contributed by atoms with Crippen molar-refractivity contribution in [2.75, 3.05) is 10.4 Å². The third kappa shape index (κ3) is 4.53. The molecule has 5 rings (SSSR count). The lowest BCUT2D eigenvalue weighted by molar-refractivity contribution is -0.112. The largest absolute Gasteiger partial charge is 0.478 e. The predicted octanol–water partition coefficient (Wildman–Crippen LogP) is 5.05. The number of carbonyl (C=O) groups is 2. The first-order valence-electron chi connectivity index (χ1n) is 11.0. The van der Waals surface area contributed by atoms with Gasteiger partial charge in [0, 0.05) is 21.4 Å². The van der Waals surface area contributed by atoms with Crippen molar-refractivity contribution in [1.29, 1.82) is 0 Å². The van der Waals surface area contributed by atoms with Gasteiger partial charge in [0.1, 0.15) is 5.71 Å². The fraction of sp³-hybridized carbons (Fsp3) is 0.120. The van der Waals surface area contributed by atoms with Crippen molar-refractivity contribution in [2.45, 2.75) is 20.3 Å². The fourth-order valence-corrected chi connectivity index (χ4v) is 5.23. The smallest absolute Gasteiger partial charge is 0.335 e. The van der Waals surface area contributed by atoms with Crippen molar-refractivity contribution in [3.63, 3.8) is 0 Å². The molecule has 0 atom stereocenters. The van der Waals surface area contributed by atoms with Gasteiger partial charge in [0.15, 0.2) is 5.71 Å². The van der Waals surface area contributed by atoms with E-state index < -0.39 is 11.9 Å². The van der Waals surface area contributed by atoms with Gasteiger partial charge in [-0.1, -0.05) is 49.4 Å². The third-order valence-corrected chi connectivity index (χ3v) is 7.47. The lowest BCUT2D eigenvalue weighted by Crippen LogP contribution is -2.28. The van der Waals surface area contributed by atoms with E-state index in [-0.39, 0.29) is 11.3 Å². The number of aromatic nitrogens is 2. The molecule has 2 aromatic carbocycles. The first-order valence-corrected chi connectivity index (χ1v) is 12.7. The second-order valence-corrected chi connectivity index (χ2v) is 9.70. The summed E-state index contributed by atoms with van der Waals surface area (Å²) in [6, 6.07) is 15.8. The minimum Gasteiger partial charge on any atom is -0.478 e. The average Bonchev–Trinajstić information content (AvgIpc) is 3.60. The molecule has 4 aromatic rings. The summed E-state index contributed by atoms with van der Waals surface area (Å²) >= 11 is 2.76. The summed E-state index contributed by atoms with van der Waals surface area (Å²) in [7, 11) is 0. The number of aromatic carboxylic acids is 1. The number of carboxylic acid groups (broad SMARTS) is 1. The Hall–Kier alpha value is -4.22. The van der Waals surface area contributed by atoms with Gasteiger partial charge < -0.3 is 5.11 Å². The van der Waals surface area contributed by atoms with Crippen molar-refractivity contribution in [1.82, 2.24) is 9.97 Å². The van der Waals surface area contributed by atoms with Gasteiger partial charge in [0.25, 0.3) is 0 Å². The molecule has 9 nitrogen and oxygen atoms in total. The van der Waals surface area contributed by atoms with Crippen molar-refractivity contribution in [3.05, 3.63) is 81.7 Å². The SMILES string of the molecule is CCc1sc(N/N=C2\C(=O)N(c3nc(-c4ccc(C(=O)O)cc4)cs3)N=C2c2ccccc2)nc1C. The zero-order chi connectivity index (χ0) is 25.2. The molecule has 1 amide bonds. The van der Waals surface area contributed by atoms with Crippen molar-refractivity contribution in [2.24, 2.45) is 10.2 Å². The molecule has 0 bridgehead atoms. The molecule has 0 unspecified atom stereocenters. The summed E-state index contributed by atoms with van der Waals surface area (Å²) < 4.78 is 0. The van der Waals surface area contributed by atoms with E-state index in [2.05, 4.69) is 32.5 Å². The lowest BCUT2D eigenvalue weighted by Gasteiger charge is -2.06. The summed E-state index contributed by atoms with van der Waals surface area (Å²) in [5.74, 6) is -1.40. The van der Waals surface area contributed by atoms with Gasteiger partial charge in [0.05, 0.1) is 17.0 Å². The molecule has 0 radical (unpaired) electrons. The van der Waals surface area contributed by atoms with Gasteiger partial charge in [-0.3, -0.25) is 10.2 Å². The predicted molar refractivity (Wildman–Crippen MR) is 142 cm³/mol. The average molecular weight is 517 g/mol. The van der Waals surface area contributed by atoms with E-state index in [9.17, 15) is 9.59 Å². The van der Waals surface area contributed by atoms with E-state index in [4.69, 9.17) is 5.11 Å². The molecule has 0 saturated heterocycles. The number of anilines is 2. The number of amides is 1. The summed E-state index contributed by atoms with van der Waals surface area (Å²) in [4.78, 5) is 34.8. The molecule has 0 spiro atoms. The Kier molecular flexibility index (Phi) is 6.40. The minimum atomic E-state index is -0.995. The van der Waals surface area contributed by atoms with E-state index >= 15 is 0 Å². The first kappa shape index (κ1) is 23.5. The molecule has 0 saturated carbocycles. The van der Waals surface area contributed by atoms with Gasteiger partial charge in [-0.2, -0.15) is 15.2 Å². The second-order valence-electron chi connectivity index (χ2n) is 7.78. The number of thiazole rings is 2. The normalized spacial score (nSPS) is 14.4. The highest BCUT2D eigenvalue weighted by molar-refractivity contribution is 7.15. The Morgan fingerprint density at radius 1 is 1.08 bits per heavy atom. The molecular formula is C25H20N6O3S2. The molecule has 3 heterocycles. The zero-order valence-corrected chi connectivity index (χ0v) is 20.9. The van der Waals surface area contributed by atoms with Crippen molar-refractivity contribution < 1.29 is 14.7 Å². The van der Waals surface area contributed by atoms with Crippen LogP contribution in [0.25, 0.3) is 11.3 Å². The van der Waals surface area contributed by atoms with Gasteiger partial charge >= 0.3 is 11.9 Å². The van der Waals surface area contributed by atoms with Crippen LogP contribution in [-0.2, 0) is 11.2 Å². The van der Waals surface area contributed by atoms with Crippen LogP contribution < -0.4 is 10.4 Å². The number of hydrogen-bond acceptors (Lipinski definition) is 9. The number of hydrogen-bond donors (Lipinski definition) is 2. The first-order chi connectivity index (χ1) is 17.4. The van der Waals surface area contributed by atoms with Crippen LogP contribution in [0.1, 0.15) is 33.4 Å². The van der Waals surface area contributed by atoms with E-state index in [0.717, 1.165) is 28.1 Å².